The zero-order valence-corrected chi connectivity index (χ0v) is 10.3. The molecule has 98 valence electrons. The van der Waals surface area contributed by atoms with Gasteiger partial charge in [-0.2, -0.15) is 0 Å². The summed E-state index contributed by atoms with van der Waals surface area (Å²) in [5, 5.41) is 15.8. The number of hydrogen-bond donors (Lipinski definition) is 4. The summed E-state index contributed by atoms with van der Waals surface area (Å²) in [6.07, 6.45) is -0.133. The summed E-state index contributed by atoms with van der Waals surface area (Å²) in [4.78, 5) is 32.8. The third-order valence-electron chi connectivity index (χ3n) is 2.16. The number of aliphatic carboxylic acids is 1. The maximum absolute atomic E-state index is 11.4. The standard InChI is InChI=1S/C10H19N3O4/c1-10(2,8(16)11-3)6-13-9(17)12-5-4-7(14)15/h4-6H2,1-3H3,(H,11,16)(H,14,15)(H2,12,13,17). The van der Waals surface area contributed by atoms with Crippen LogP contribution in [0, 0.1) is 5.41 Å². The van der Waals surface area contributed by atoms with Crippen LogP contribution < -0.4 is 16.0 Å². The highest BCUT2D eigenvalue weighted by Crippen LogP contribution is 2.12. The van der Waals surface area contributed by atoms with Gasteiger partial charge in [-0.25, -0.2) is 4.79 Å². The fourth-order valence-electron chi connectivity index (χ4n) is 1.07. The Bertz CT molecular complexity index is 302. The van der Waals surface area contributed by atoms with Gasteiger partial charge in [0.05, 0.1) is 11.8 Å². The summed E-state index contributed by atoms with van der Waals surface area (Å²) in [6, 6.07) is -0.483. The Balaban J connectivity index is 3.91. The van der Waals surface area contributed by atoms with Crippen molar-refractivity contribution in [3.05, 3.63) is 0 Å². The highest BCUT2D eigenvalue weighted by Gasteiger charge is 2.26. The second-order valence-electron chi connectivity index (χ2n) is 4.22. The van der Waals surface area contributed by atoms with Crippen molar-refractivity contribution in [2.75, 3.05) is 20.1 Å². The van der Waals surface area contributed by atoms with E-state index in [-0.39, 0.29) is 25.4 Å². The number of rotatable bonds is 6. The van der Waals surface area contributed by atoms with Gasteiger partial charge in [0.1, 0.15) is 0 Å². The fraction of sp³-hybridized carbons (Fsp3) is 0.700. The lowest BCUT2D eigenvalue weighted by Gasteiger charge is -2.22. The van der Waals surface area contributed by atoms with E-state index in [0.717, 1.165) is 0 Å². The molecule has 0 heterocycles. The van der Waals surface area contributed by atoms with Gasteiger partial charge in [-0.15, -0.1) is 0 Å². The van der Waals surface area contributed by atoms with Crippen LogP contribution in [0.1, 0.15) is 20.3 Å². The van der Waals surface area contributed by atoms with Crippen molar-refractivity contribution in [3.63, 3.8) is 0 Å². The molecule has 0 unspecified atom stereocenters. The molecule has 7 nitrogen and oxygen atoms in total. The molecule has 0 aromatic carbocycles. The first-order chi connectivity index (χ1) is 7.79. The van der Waals surface area contributed by atoms with Gasteiger partial charge in [-0.05, 0) is 13.8 Å². The van der Waals surface area contributed by atoms with Crippen LogP contribution in [0.5, 0.6) is 0 Å². The van der Waals surface area contributed by atoms with E-state index in [1.165, 1.54) is 7.05 Å². The minimum absolute atomic E-state index is 0.0571. The Hall–Kier alpha value is -1.79. The lowest BCUT2D eigenvalue weighted by atomic mass is 9.92. The van der Waals surface area contributed by atoms with Gasteiger partial charge in [-0.1, -0.05) is 0 Å². The summed E-state index contributed by atoms with van der Waals surface area (Å²) in [5.41, 5.74) is -0.709. The third kappa shape index (κ3) is 6.39. The Labute approximate surface area is 100.0 Å². The highest BCUT2D eigenvalue weighted by atomic mass is 16.4. The molecule has 17 heavy (non-hydrogen) atoms. The summed E-state index contributed by atoms with van der Waals surface area (Å²) < 4.78 is 0. The third-order valence-corrected chi connectivity index (χ3v) is 2.16. The molecule has 0 bridgehead atoms. The highest BCUT2D eigenvalue weighted by molar-refractivity contribution is 5.83. The molecule has 0 radical (unpaired) electrons. The fourth-order valence-corrected chi connectivity index (χ4v) is 1.07. The van der Waals surface area contributed by atoms with E-state index < -0.39 is 17.4 Å². The van der Waals surface area contributed by atoms with Crippen molar-refractivity contribution in [1.82, 2.24) is 16.0 Å². The molecule has 0 fully saturated rings. The molecule has 0 atom stereocenters. The van der Waals surface area contributed by atoms with Gasteiger partial charge < -0.3 is 21.1 Å². The number of urea groups is 1. The zero-order valence-electron chi connectivity index (χ0n) is 10.3. The van der Waals surface area contributed by atoms with Gasteiger partial charge in [0, 0.05) is 20.1 Å². The van der Waals surface area contributed by atoms with Gasteiger partial charge >= 0.3 is 12.0 Å². The van der Waals surface area contributed by atoms with E-state index in [2.05, 4.69) is 16.0 Å². The van der Waals surface area contributed by atoms with Crippen LogP contribution in [0.15, 0.2) is 0 Å². The first kappa shape index (κ1) is 15.2. The van der Waals surface area contributed by atoms with Crippen molar-refractivity contribution in [2.24, 2.45) is 5.41 Å². The lowest BCUT2D eigenvalue weighted by molar-refractivity contribution is -0.136. The van der Waals surface area contributed by atoms with Crippen molar-refractivity contribution >= 4 is 17.9 Å². The average molecular weight is 245 g/mol. The summed E-state index contributed by atoms with van der Waals surface area (Å²) >= 11 is 0. The minimum Gasteiger partial charge on any atom is -0.481 e. The molecule has 0 aliphatic carbocycles. The monoisotopic (exact) mass is 245 g/mol. The van der Waals surface area contributed by atoms with Gasteiger partial charge in [0.15, 0.2) is 0 Å². The van der Waals surface area contributed by atoms with E-state index in [4.69, 9.17) is 5.11 Å². The lowest BCUT2D eigenvalue weighted by Crippen LogP contribution is -2.46. The molecule has 0 aliphatic heterocycles. The first-order valence-corrected chi connectivity index (χ1v) is 5.25. The van der Waals surface area contributed by atoms with Crippen LogP contribution in [0.25, 0.3) is 0 Å². The quantitative estimate of drug-likeness (QED) is 0.507. The smallest absolute Gasteiger partial charge is 0.314 e. The van der Waals surface area contributed by atoms with E-state index in [0.29, 0.717) is 0 Å². The van der Waals surface area contributed by atoms with Crippen LogP contribution in [-0.2, 0) is 9.59 Å². The molecule has 0 rings (SSSR count). The number of carbonyl (C=O) groups is 3. The van der Waals surface area contributed by atoms with Crippen molar-refractivity contribution in [2.45, 2.75) is 20.3 Å². The molecule has 0 aromatic heterocycles. The number of carbonyl (C=O) groups excluding carboxylic acids is 2. The summed E-state index contributed by atoms with van der Waals surface area (Å²) in [7, 11) is 1.52. The van der Waals surface area contributed by atoms with E-state index in [1.807, 2.05) is 0 Å². The number of carboxylic acid groups (broad SMARTS) is 1. The van der Waals surface area contributed by atoms with Crippen LogP contribution in [0.4, 0.5) is 4.79 Å². The maximum Gasteiger partial charge on any atom is 0.314 e. The van der Waals surface area contributed by atoms with Crippen molar-refractivity contribution < 1.29 is 19.5 Å². The normalized spacial score (nSPS) is 10.5. The Kier molecular flexibility index (Phi) is 6.01. The molecule has 0 aromatic rings. The molecule has 0 saturated carbocycles. The van der Waals surface area contributed by atoms with E-state index >= 15 is 0 Å². The van der Waals surface area contributed by atoms with Gasteiger partial charge in [-0.3, -0.25) is 9.59 Å². The predicted molar refractivity (Wildman–Crippen MR) is 61.5 cm³/mol. The van der Waals surface area contributed by atoms with Crippen molar-refractivity contribution in [1.29, 1.82) is 0 Å². The Morgan fingerprint density at radius 3 is 2.24 bits per heavy atom. The molecule has 0 spiro atoms. The SMILES string of the molecule is CNC(=O)C(C)(C)CNC(=O)NCCC(=O)O. The molecule has 3 amide bonds. The van der Waals surface area contributed by atoms with Crippen molar-refractivity contribution in [3.8, 4) is 0 Å². The molecule has 0 aliphatic rings. The second kappa shape index (κ2) is 6.72. The molecule has 0 saturated heterocycles. The van der Waals surface area contributed by atoms with Crippen LogP contribution >= 0.6 is 0 Å². The topological polar surface area (TPSA) is 108 Å². The number of amides is 3. The average Bonchev–Trinajstić information content (AvgIpc) is 2.24. The molecular formula is C10H19N3O4. The predicted octanol–water partition coefficient (Wildman–Crippen LogP) is -0.467. The van der Waals surface area contributed by atoms with Crippen LogP contribution in [0.2, 0.25) is 0 Å². The number of hydrogen-bond acceptors (Lipinski definition) is 3. The molecule has 7 heteroatoms. The van der Waals surface area contributed by atoms with E-state index in [1.54, 1.807) is 13.8 Å². The van der Waals surface area contributed by atoms with Crippen LogP contribution in [-0.4, -0.2) is 43.2 Å². The minimum atomic E-state index is -0.976. The summed E-state index contributed by atoms with van der Waals surface area (Å²) in [6.45, 7) is 3.62. The second-order valence-corrected chi connectivity index (χ2v) is 4.22. The Morgan fingerprint density at radius 2 is 1.76 bits per heavy atom. The van der Waals surface area contributed by atoms with Crippen LogP contribution in [0.3, 0.4) is 0 Å². The molecule has 4 N–H and O–H groups in total. The number of carboxylic acids is 1. The maximum atomic E-state index is 11.4. The molecular weight excluding hydrogens is 226 g/mol. The zero-order chi connectivity index (χ0) is 13.5. The number of nitrogens with one attached hydrogen (secondary N) is 3. The summed E-state index contributed by atoms with van der Waals surface area (Å²) in [5.74, 6) is -1.15. The first-order valence-electron chi connectivity index (χ1n) is 5.25. The Morgan fingerprint density at radius 1 is 1.18 bits per heavy atom. The van der Waals surface area contributed by atoms with Gasteiger partial charge in [0.25, 0.3) is 0 Å². The van der Waals surface area contributed by atoms with Gasteiger partial charge in [0.2, 0.25) is 5.91 Å². The van der Waals surface area contributed by atoms with E-state index in [9.17, 15) is 14.4 Å². The largest absolute Gasteiger partial charge is 0.481 e.